The molecule has 20 heavy (non-hydrogen) atoms. The molecule has 0 aromatic carbocycles. The molecule has 1 aromatic heterocycles. The summed E-state index contributed by atoms with van der Waals surface area (Å²) < 4.78 is 0. The van der Waals surface area contributed by atoms with Crippen molar-refractivity contribution in [1.82, 2.24) is 14.9 Å². The van der Waals surface area contributed by atoms with Crippen LogP contribution in [-0.2, 0) is 0 Å². The number of nitrogens with zero attached hydrogens (tertiary/aromatic N) is 3. The summed E-state index contributed by atoms with van der Waals surface area (Å²) in [5.41, 5.74) is 0. The maximum Gasteiger partial charge on any atom is 0.135 e. The average molecular weight is 295 g/mol. The van der Waals surface area contributed by atoms with Crippen LogP contribution in [0.1, 0.15) is 50.3 Å². The Balaban J connectivity index is 1.50. The van der Waals surface area contributed by atoms with Gasteiger partial charge in [-0.05, 0) is 32.7 Å². The van der Waals surface area contributed by atoms with Gasteiger partial charge < -0.3 is 10.2 Å². The first-order valence-corrected chi connectivity index (χ1v) is 8.09. The van der Waals surface area contributed by atoms with Gasteiger partial charge in [-0.25, -0.2) is 9.97 Å². The molecule has 0 radical (unpaired) electrons. The largest absolute Gasteiger partial charge is 0.369 e. The molecule has 3 rings (SSSR count). The van der Waals surface area contributed by atoms with Crippen LogP contribution in [0.5, 0.6) is 0 Å². The normalized spacial score (nSPS) is 19.8. The lowest BCUT2D eigenvalue weighted by Crippen LogP contribution is -2.33. The number of aromatic nitrogens is 2. The molecule has 0 aliphatic heterocycles. The van der Waals surface area contributed by atoms with Crippen LogP contribution >= 0.6 is 11.6 Å². The number of halogens is 1. The van der Waals surface area contributed by atoms with E-state index in [1.165, 1.54) is 38.5 Å². The first kappa shape index (κ1) is 14.1. The van der Waals surface area contributed by atoms with Crippen LogP contribution < -0.4 is 5.32 Å². The second kappa shape index (κ2) is 6.27. The molecule has 2 saturated carbocycles. The molecule has 2 fully saturated rings. The molecule has 0 atom stereocenters. The van der Waals surface area contributed by atoms with Crippen LogP contribution in [0, 0.1) is 0 Å². The fourth-order valence-corrected chi connectivity index (χ4v) is 3.13. The fourth-order valence-electron chi connectivity index (χ4n) is 2.94. The predicted octanol–water partition coefficient (Wildman–Crippen LogP) is 3.29. The van der Waals surface area contributed by atoms with Crippen molar-refractivity contribution in [3.05, 3.63) is 17.0 Å². The maximum atomic E-state index is 6.07. The molecule has 1 N–H and O–H groups in total. The van der Waals surface area contributed by atoms with E-state index >= 15 is 0 Å². The molecule has 1 aromatic rings. The van der Waals surface area contributed by atoms with E-state index in [1.807, 2.05) is 6.07 Å². The van der Waals surface area contributed by atoms with Gasteiger partial charge in [-0.15, -0.1) is 0 Å². The van der Waals surface area contributed by atoms with Crippen molar-refractivity contribution in [2.24, 2.45) is 0 Å². The highest BCUT2D eigenvalue weighted by atomic mass is 35.5. The van der Waals surface area contributed by atoms with Gasteiger partial charge in [0, 0.05) is 31.1 Å². The molecular weight excluding hydrogens is 272 g/mol. The van der Waals surface area contributed by atoms with E-state index in [0.717, 1.165) is 30.8 Å². The Morgan fingerprint density at radius 1 is 1.25 bits per heavy atom. The van der Waals surface area contributed by atoms with Gasteiger partial charge in [-0.1, -0.05) is 24.4 Å². The van der Waals surface area contributed by atoms with E-state index in [0.29, 0.717) is 11.1 Å². The summed E-state index contributed by atoms with van der Waals surface area (Å²) in [5.74, 6) is 2.31. The van der Waals surface area contributed by atoms with Crippen molar-refractivity contribution in [2.45, 2.75) is 50.5 Å². The van der Waals surface area contributed by atoms with Gasteiger partial charge in [-0.2, -0.15) is 0 Å². The molecule has 0 saturated heterocycles. The van der Waals surface area contributed by atoms with Gasteiger partial charge in [-0.3, -0.25) is 0 Å². The molecule has 4 nitrogen and oxygen atoms in total. The molecule has 0 spiro atoms. The second-order valence-electron chi connectivity index (χ2n) is 6.05. The van der Waals surface area contributed by atoms with Crippen molar-refractivity contribution in [3.63, 3.8) is 0 Å². The third kappa shape index (κ3) is 3.61. The Morgan fingerprint density at radius 2 is 2.00 bits per heavy atom. The Morgan fingerprint density at radius 3 is 2.70 bits per heavy atom. The summed E-state index contributed by atoms with van der Waals surface area (Å²) in [4.78, 5) is 11.3. The maximum absolute atomic E-state index is 6.07. The van der Waals surface area contributed by atoms with E-state index in [2.05, 4.69) is 27.2 Å². The monoisotopic (exact) mass is 294 g/mol. The number of hydrogen-bond acceptors (Lipinski definition) is 4. The van der Waals surface area contributed by atoms with E-state index in [4.69, 9.17) is 11.6 Å². The van der Waals surface area contributed by atoms with Crippen LogP contribution in [0.15, 0.2) is 6.07 Å². The Labute approximate surface area is 125 Å². The van der Waals surface area contributed by atoms with Crippen LogP contribution in [-0.4, -0.2) is 41.0 Å². The van der Waals surface area contributed by atoms with Gasteiger partial charge in [0.15, 0.2) is 0 Å². The van der Waals surface area contributed by atoms with Crippen LogP contribution in [0.4, 0.5) is 5.82 Å². The van der Waals surface area contributed by atoms with Crippen molar-refractivity contribution in [1.29, 1.82) is 0 Å². The standard InChI is InChI=1S/C15H23ClN4/c1-20(12-4-2-3-5-12)9-8-17-14-10-13(16)18-15(19-14)11-6-7-11/h10-12H,2-9H2,1H3,(H,17,18,19). The van der Waals surface area contributed by atoms with Crippen molar-refractivity contribution in [2.75, 3.05) is 25.5 Å². The second-order valence-corrected chi connectivity index (χ2v) is 6.44. The molecule has 2 aliphatic carbocycles. The van der Waals surface area contributed by atoms with Crippen LogP contribution in [0.3, 0.4) is 0 Å². The van der Waals surface area contributed by atoms with E-state index in [-0.39, 0.29) is 0 Å². The first-order chi connectivity index (χ1) is 9.72. The Bertz CT molecular complexity index is 455. The number of hydrogen-bond donors (Lipinski definition) is 1. The Kier molecular flexibility index (Phi) is 4.41. The number of rotatable bonds is 6. The molecule has 5 heteroatoms. The summed E-state index contributed by atoms with van der Waals surface area (Å²) in [6, 6.07) is 2.59. The van der Waals surface area contributed by atoms with Gasteiger partial charge in [0.05, 0.1) is 0 Å². The quantitative estimate of drug-likeness (QED) is 0.818. The average Bonchev–Trinajstić information content (AvgIpc) is 3.13. The van der Waals surface area contributed by atoms with Gasteiger partial charge in [0.2, 0.25) is 0 Å². The van der Waals surface area contributed by atoms with E-state index < -0.39 is 0 Å². The summed E-state index contributed by atoms with van der Waals surface area (Å²) >= 11 is 6.07. The number of nitrogens with one attached hydrogen (secondary N) is 1. The zero-order valence-electron chi connectivity index (χ0n) is 12.1. The lowest BCUT2D eigenvalue weighted by atomic mass is 10.2. The minimum absolute atomic E-state index is 0.537. The predicted molar refractivity (Wildman–Crippen MR) is 82.4 cm³/mol. The summed E-state index contributed by atoms with van der Waals surface area (Å²) in [6.07, 6.45) is 7.86. The highest BCUT2D eigenvalue weighted by Crippen LogP contribution is 2.38. The van der Waals surface area contributed by atoms with Crippen molar-refractivity contribution >= 4 is 17.4 Å². The molecule has 0 bridgehead atoms. The topological polar surface area (TPSA) is 41.0 Å². The highest BCUT2D eigenvalue weighted by Gasteiger charge is 2.27. The zero-order valence-corrected chi connectivity index (χ0v) is 12.9. The third-order valence-corrected chi connectivity index (χ3v) is 4.57. The van der Waals surface area contributed by atoms with Gasteiger partial charge in [0.25, 0.3) is 0 Å². The summed E-state index contributed by atoms with van der Waals surface area (Å²) in [6.45, 7) is 1.95. The van der Waals surface area contributed by atoms with Crippen LogP contribution in [0.2, 0.25) is 5.15 Å². The van der Waals surface area contributed by atoms with Gasteiger partial charge in [0.1, 0.15) is 16.8 Å². The number of anilines is 1. The molecular formula is C15H23ClN4. The molecule has 0 amide bonds. The molecule has 0 unspecified atom stereocenters. The highest BCUT2D eigenvalue weighted by molar-refractivity contribution is 6.29. The SMILES string of the molecule is CN(CCNc1cc(Cl)nc(C2CC2)n1)C1CCCC1. The Hall–Kier alpha value is -0.870. The zero-order chi connectivity index (χ0) is 13.9. The fraction of sp³-hybridized carbons (Fsp3) is 0.733. The third-order valence-electron chi connectivity index (χ3n) is 4.37. The van der Waals surface area contributed by atoms with E-state index in [1.54, 1.807) is 0 Å². The molecule has 110 valence electrons. The number of likely N-dealkylation sites (N-methyl/N-ethyl adjacent to an activating group) is 1. The van der Waals surface area contributed by atoms with Gasteiger partial charge >= 0.3 is 0 Å². The van der Waals surface area contributed by atoms with Crippen molar-refractivity contribution in [3.8, 4) is 0 Å². The lowest BCUT2D eigenvalue weighted by molar-refractivity contribution is 0.254. The summed E-state index contributed by atoms with van der Waals surface area (Å²) in [7, 11) is 2.22. The minimum Gasteiger partial charge on any atom is -0.369 e. The smallest absolute Gasteiger partial charge is 0.135 e. The molecule has 2 aliphatic rings. The van der Waals surface area contributed by atoms with E-state index in [9.17, 15) is 0 Å². The summed E-state index contributed by atoms with van der Waals surface area (Å²) in [5, 5.41) is 3.94. The lowest BCUT2D eigenvalue weighted by Gasteiger charge is -2.24. The molecule has 1 heterocycles. The minimum atomic E-state index is 0.537. The van der Waals surface area contributed by atoms with Crippen LogP contribution in [0.25, 0.3) is 0 Å². The van der Waals surface area contributed by atoms with Crippen molar-refractivity contribution < 1.29 is 0 Å². The first-order valence-electron chi connectivity index (χ1n) is 7.71.